The third kappa shape index (κ3) is 4.28. The van der Waals surface area contributed by atoms with Crippen molar-refractivity contribution in [2.75, 3.05) is 11.0 Å². The third-order valence-electron chi connectivity index (χ3n) is 2.74. The van der Waals surface area contributed by atoms with Gasteiger partial charge in [0.05, 0.1) is 0 Å². The number of nitrogens with zero attached hydrogens (tertiary/aromatic N) is 1. The molecule has 0 saturated heterocycles. The molecule has 0 bridgehead atoms. The zero-order chi connectivity index (χ0) is 16.2. The van der Waals surface area contributed by atoms with Crippen LogP contribution in [0.1, 0.15) is 27.2 Å². The van der Waals surface area contributed by atoms with Gasteiger partial charge in [-0.2, -0.15) is 0 Å². The molecule has 0 aliphatic heterocycles. The standard InChI is InChI=1S/C10H16F6INO.Sn/c1-4-6-17-18(5-2)7(3)8(19,9(11,12)13)10(14,15)16;/h7H,4-6H2,1-3H3;/q-2;+1. The first kappa shape index (κ1) is 21.0. The summed E-state index contributed by atoms with van der Waals surface area (Å²) < 4.78 is 84.6. The van der Waals surface area contributed by atoms with Crippen molar-refractivity contribution in [2.45, 2.75) is 51.2 Å². The fourth-order valence-corrected chi connectivity index (χ4v) is 5.40. The summed E-state index contributed by atoms with van der Waals surface area (Å²) >= 11 is -1.14. The van der Waals surface area contributed by atoms with E-state index in [-0.39, 0.29) is 29.5 Å². The fraction of sp³-hybridized carbons (Fsp3) is 1.00. The van der Waals surface area contributed by atoms with Crippen molar-refractivity contribution in [1.29, 1.82) is 0 Å². The van der Waals surface area contributed by atoms with Crippen molar-refractivity contribution < 1.29 is 50.9 Å². The van der Waals surface area contributed by atoms with Crippen molar-refractivity contribution in [3.05, 3.63) is 0 Å². The van der Waals surface area contributed by atoms with Crippen LogP contribution in [-0.2, 0) is 3.07 Å². The van der Waals surface area contributed by atoms with Gasteiger partial charge in [0.15, 0.2) is 0 Å². The van der Waals surface area contributed by atoms with Crippen molar-refractivity contribution >= 4 is 22.9 Å². The summed E-state index contributed by atoms with van der Waals surface area (Å²) in [5, 5.41) is 0. The monoisotopic (exact) mass is 527 g/mol. The van der Waals surface area contributed by atoms with E-state index in [2.05, 4.69) is 3.07 Å². The molecule has 20 heavy (non-hydrogen) atoms. The molecule has 3 radical (unpaired) electrons. The van der Waals surface area contributed by atoms with Crippen LogP contribution in [0.3, 0.4) is 0 Å². The summed E-state index contributed by atoms with van der Waals surface area (Å²) in [6, 6.07) is -1.79. The molecule has 0 rings (SSSR count). The number of likely N-dealkylation sites (N-methyl/N-ethyl adjacent to an activating group) is 1. The van der Waals surface area contributed by atoms with E-state index < -0.39 is 45.5 Å². The van der Waals surface area contributed by atoms with Gasteiger partial charge in [0.2, 0.25) is 0 Å². The Balaban J connectivity index is 5.63. The Morgan fingerprint density at radius 2 is 1.55 bits per heavy atom. The summed E-state index contributed by atoms with van der Waals surface area (Å²) in [5.41, 5.74) is -4.11. The van der Waals surface area contributed by atoms with Crippen LogP contribution in [0.2, 0.25) is 0 Å². The molecule has 0 heterocycles. The first-order valence-corrected chi connectivity index (χ1v) is 9.49. The van der Waals surface area contributed by atoms with Gasteiger partial charge in [-0.15, -0.1) is 0 Å². The average molecular weight is 526 g/mol. The topological polar surface area (TPSA) is 12.5 Å². The normalized spacial score (nSPS) is 15.9. The molecule has 10 heteroatoms. The summed E-state index contributed by atoms with van der Waals surface area (Å²) in [6.07, 6.45) is -10.3. The van der Waals surface area contributed by atoms with Crippen LogP contribution in [0, 0.1) is 0 Å². The molecule has 0 aromatic heterocycles. The Bertz CT molecular complexity index is 284. The van der Waals surface area contributed by atoms with Gasteiger partial charge in [-0.25, -0.2) is 0 Å². The van der Waals surface area contributed by atoms with Gasteiger partial charge < -0.3 is 0 Å². The van der Waals surface area contributed by atoms with Gasteiger partial charge in [0.1, 0.15) is 0 Å². The third-order valence-corrected chi connectivity index (χ3v) is 7.62. The Morgan fingerprint density at radius 1 is 1.10 bits per heavy atom. The first-order valence-electron chi connectivity index (χ1n) is 5.83. The predicted molar refractivity (Wildman–Crippen MR) is 58.7 cm³/mol. The number of hydrogen-bond acceptors (Lipinski definition) is 2. The predicted octanol–water partition coefficient (Wildman–Crippen LogP) is 0.0743. The van der Waals surface area contributed by atoms with Gasteiger partial charge in [0, 0.05) is 0 Å². The van der Waals surface area contributed by atoms with Crippen LogP contribution in [0.4, 0.5) is 26.3 Å². The molecule has 0 aromatic rings. The SMILES string of the molecule is CCC[I-]N(CC)C(C)C([O][Sn])(C(F)(F)F)C(F)(F)F. The first-order chi connectivity index (χ1) is 8.99. The van der Waals surface area contributed by atoms with Crippen LogP contribution in [0.5, 0.6) is 0 Å². The number of hydrogen-bond donors (Lipinski definition) is 0. The second-order valence-corrected chi connectivity index (χ2v) is 7.62. The van der Waals surface area contributed by atoms with Gasteiger partial charge in [-0.1, -0.05) is 0 Å². The van der Waals surface area contributed by atoms with Gasteiger partial charge in [0.25, 0.3) is 0 Å². The van der Waals surface area contributed by atoms with Crippen molar-refractivity contribution in [1.82, 2.24) is 3.11 Å². The van der Waals surface area contributed by atoms with Crippen LogP contribution in [0.25, 0.3) is 0 Å². The second-order valence-electron chi connectivity index (χ2n) is 4.03. The number of halogens is 7. The molecule has 0 spiro atoms. The van der Waals surface area contributed by atoms with Crippen molar-refractivity contribution in [3.63, 3.8) is 0 Å². The van der Waals surface area contributed by atoms with Crippen LogP contribution < -0.4 is 21.5 Å². The molecule has 1 atom stereocenters. The molecule has 0 N–H and O–H groups in total. The van der Waals surface area contributed by atoms with E-state index in [1.807, 2.05) is 6.92 Å². The summed E-state index contributed by atoms with van der Waals surface area (Å²) in [4.78, 5) is 0. The summed E-state index contributed by atoms with van der Waals surface area (Å²) in [6.45, 7) is 4.50. The van der Waals surface area contributed by atoms with E-state index in [1.54, 1.807) is 6.92 Å². The molecule has 0 aliphatic carbocycles. The molecule has 121 valence electrons. The zero-order valence-corrected chi connectivity index (χ0v) is 16.2. The number of rotatable bonds is 7. The van der Waals surface area contributed by atoms with E-state index in [0.29, 0.717) is 4.43 Å². The molecular weight excluding hydrogens is 510 g/mol. The molecular formula is C10H16F6INOSn-. The maximum absolute atomic E-state index is 13.1. The van der Waals surface area contributed by atoms with E-state index in [9.17, 15) is 26.3 Å². The van der Waals surface area contributed by atoms with Gasteiger partial charge >= 0.3 is 139 Å². The molecule has 1 unspecified atom stereocenters. The summed E-state index contributed by atoms with van der Waals surface area (Å²) in [5.74, 6) is 0. The Kier molecular flexibility index (Phi) is 8.46. The molecule has 0 aromatic carbocycles. The van der Waals surface area contributed by atoms with E-state index in [0.717, 1.165) is 13.3 Å². The summed E-state index contributed by atoms with van der Waals surface area (Å²) in [7, 11) is 0. The molecule has 2 nitrogen and oxygen atoms in total. The molecule has 0 fully saturated rings. The van der Waals surface area contributed by atoms with Crippen LogP contribution >= 0.6 is 0 Å². The Labute approximate surface area is 138 Å². The van der Waals surface area contributed by atoms with Gasteiger partial charge in [-0.3, -0.25) is 0 Å². The Morgan fingerprint density at radius 3 is 1.80 bits per heavy atom. The minimum atomic E-state index is -5.50. The average Bonchev–Trinajstić information content (AvgIpc) is 2.27. The van der Waals surface area contributed by atoms with E-state index in [1.165, 1.54) is 3.11 Å². The second kappa shape index (κ2) is 8.04. The number of alkyl halides is 7. The minimum absolute atomic E-state index is 0.141. The molecule has 0 aliphatic rings. The quantitative estimate of drug-likeness (QED) is 0.153. The molecule has 0 amide bonds. The molecule has 0 saturated carbocycles. The van der Waals surface area contributed by atoms with E-state index in [4.69, 9.17) is 0 Å². The Hall–Kier alpha value is 1.03. The van der Waals surface area contributed by atoms with Gasteiger partial charge in [-0.05, 0) is 0 Å². The van der Waals surface area contributed by atoms with Crippen molar-refractivity contribution in [2.24, 2.45) is 0 Å². The van der Waals surface area contributed by atoms with Crippen LogP contribution in [0.15, 0.2) is 0 Å². The maximum atomic E-state index is 13.1. The van der Waals surface area contributed by atoms with E-state index >= 15 is 0 Å². The fourth-order valence-electron chi connectivity index (χ4n) is 1.69. The zero-order valence-electron chi connectivity index (χ0n) is 11.2. The van der Waals surface area contributed by atoms with Crippen molar-refractivity contribution in [3.8, 4) is 0 Å². The van der Waals surface area contributed by atoms with Crippen LogP contribution in [-0.4, -0.2) is 61.0 Å².